The molecule has 5 nitrogen and oxygen atoms in total. The number of anilines is 1. The number of benzene rings is 1. The van der Waals surface area contributed by atoms with Gasteiger partial charge in [0.05, 0.1) is 0 Å². The Labute approximate surface area is 122 Å². The summed E-state index contributed by atoms with van der Waals surface area (Å²) in [5, 5.41) is 3.96. The highest BCUT2D eigenvalue weighted by molar-refractivity contribution is 7.07. The quantitative estimate of drug-likeness (QED) is 0.936. The van der Waals surface area contributed by atoms with Crippen molar-refractivity contribution in [3.8, 4) is 10.9 Å². The first kappa shape index (κ1) is 13.3. The lowest BCUT2D eigenvalue weighted by atomic mass is 10.2. The minimum absolute atomic E-state index is 0.608. The van der Waals surface area contributed by atoms with Gasteiger partial charge in [-0.1, -0.05) is 6.92 Å². The molecule has 1 aliphatic rings. The molecule has 1 aliphatic heterocycles. The molecule has 0 saturated carbocycles. The van der Waals surface area contributed by atoms with E-state index in [-0.39, 0.29) is 0 Å². The van der Waals surface area contributed by atoms with Crippen LogP contribution in [0.1, 0.15) is 12.7 Å². The Morgan fingerprint density at radius 3 is 2.65 bits per heavy atom. The maximum Gasteiger partial charge on any atom is 0.298 e. The van der Waals surface area contributed by atoms with Gasteiger partial charge in [-0.25, -0.2) is 0 Å². The Morgan fingerprint density at radius 1 is 1.25 bits per heavy atom. The van der Waals surface area contributed by atoms with E-state index in [2.05, 4.69) is 31.7 Å². The van der Waals surface area contributed by atoms with E-state index >= 15 is 0 Å². The van der Waals surface area contributed by atoms with Crippen LogP contribution in [-0.2, 0) is 6.42 Å². The third-order valence-electron chi connectivity index (χ3n) is 3.29. The molecule has 1 saturated heterocycles. The number of aromatic nitrogens is 2. The summed E-state index contributed by atoms with van der Waals surface area (Å²) in [4.78, 5) is 6.68. The van der Waals surface area contributed by atoms with Crippen molar-refractivity contribution in [2.45, 2.75) is 13.3 Å². The molecule has 2 aromatic rings. The molecule has 1 aromatic carbocycles. The summed E-state index contributed by atoms with van der Waals surface area (Å²) in [5.74, 6) is 1.64. The van der Waals surface area contributed by atoms with E-state index in [1.165, 1.54) is 17.2 Å². The van der Waals surface area contributed by atoms with Gasteiger partial charge in [0.2, 0.25) is 0 Å². The zero-order valence-electron chi connectivity index (χ0n) is 11.5. The van der Waals surface area contributed by atoms with Crippen molar-refractivity contribution in [1.29, 1.82) is 0 Å². The van der Waals surface area contributed by atoms with Crippen molar-refractivity contribution in [3.05, 3.63) is 30.1 Å². The maximum atomic E-state index is 5.72. The van der Waals surface area contributed by atoms with Gasteiger partial charge in [-0.05, 0) is 24.3 Å². The smallest absolute Gasteiger partial charge is 0.298 e. The maximum absolute atomic E-state index is 5.72. The summed E-state index contributed by atoms with van der Waals surface area (Å²) >= 11 is 1.30. The average Bonchev–Trinajstić information content (AvgIpc) is 2.97. The van der Waals surface area contributed by atoms with Crippen LogP contribution in [-0.4, -0.2) is 35.5 Å². The zero-order valence-corrected chi connectivity index (χ0v) is 12.3. The van der Waals surface area contributed by atoms with E-state index in [4.69, 9.17) is 4.74 Å². The summed E-state index contributed by atoms with van der Waals surface area (Å²) in [6.45, 7) is 6.23. The van der Waals surface area contributed by atoms with Crippen molar-refractivity contribution in [2.24, 2.45) is 0 Å². The number of nitrogens with zero attached hydrogens (tertiary/aromatic N) is 3. The van der Waals surface area contributed by atoms with Crippen molar-refractivity contribution in [3.63, 3.8) is 0 Å². The predicted octanol–water partition coefficient (Wildman–Crippen LogP) is 2.30. The van der Waals surface area contributed by atoms with Crippen molar-refractivity contribution in [2.75, 3.05) is 31.1 Å². The fraction of sp³-hybridized carbons (Fsp3) is 0.429. The Morgan fingerprint density at radius 2 is 2.00 bits per heavy atom. The van der Waals surface area contributed by atoms with Gasteiger partial charge in [0.25, 0.3) is 5.19 Å². The topological polar surface area (TPSA) is 50.3 Å². The van der Waals surface area contributed by atoms with Crippen LogP contribution in [0.15, 0.2) is 24.3 Å². The first-order valence-electron chi connectivity index (χ1n) is 6.91. The van der Waals surface area contributed by atoms with E-state index < -0.39 is 0 Å². The number of hydrogen-bond donors (Lipinski definition) is 1. The number of ether oxygens (including phenoxy) is 1. The molecular weight excluding hydrogens is 272 g/mol. The van der Waals surface area contributed by atoms with Gasteiger partial charge in [-0.15, -0.1) is 0 Å². The Kier molecular flexibility index (Phi) is 4.13. The van der Waals surface area contributed by atoms with Gasteiger partial charge >= 0.3 is 0 Å². The zero-order chi connectivity index (χ0) is 13.8. The van der Waals surface area contributed by atoms with E-state index in [1.54, 1.807) is 0 Å². The molecule has 0 amide bonds. The van der Waals surface area contributed by atoms with E-state index in [0.29, 0.717) is 5.19 Å². The molecule has 106 valence electrons. The van der Waals surface area contributed by atoms with E-state index in [1.807, 2.05) is 19.1 Å². The molecule has 0 atom stereocenters. The second-order valence-corrected chi connectivity index (χ2v) is 5.38. The van der Waals surface area contributed by atoms with Crippen LogP contribution in [0.5, 0.6) is 10.9 Å². The Balaban J connectivity index is 1.66. The van der Waals surface area contributed by atoms with Crippen LogP contribution in [0.2, 0.25) is 0 Å². The molecule has 3 rings (SSSR count). The predicted molar refractivity (Wildman–Crippen MR) is 80.9 cm³/mol. The van der Waals surface area contributed by atoms with Gasteiger partial charge in [0.1, 0.15) is 11.6 Å². The van der Waals surface area contributed by atoms with Crippen LogP contribution >= 0.6 is 11.5 Å². The average molecular weight is 290 g/mol. The highest BCUT2D eigenvalue weighted by Gasteiger charge is 2.10. The first-order chi connectivity index (χ1) is 9.85. The Hall–Kier alpha value is -1.66. The largest absolute Gasteiger partial charge is 0.430 e. The number of hydrogen-bond acceptors (Lipinski definition) is 6. The van der Waals surface area contributed by atoms with Crippen LogP contribution in [0.4, 0.5) is 5.69 Å². The molecule has 1 aromatic heterocycles. The van der Waals surface area contributed by atoms with Crippen molar-refractivity contribution < 1.29 is 4.74 Å². The molecule has 0 bridgehead atoms. The molecule has 6 heteroatoms. The molecular formula is C14H18N4OS. The molecule has 20 heavy (non-hydrogen) atoms. The summed E-state index contributed by atoms with van der Waals surface area (Å²) < 4.78 is 9.93. The second-order valence-electron chi connectivity index (χ2n) is 4.66. The lowest BCUT2D eigenvalue weighted by Gasteiger charge is -2.29. The first-order valence-corrected chi connectivity index (χ1v) is 7.68. The van der Waals surface area contributed by atoms with Gasteiger partial charge in [0.15, 0.2) is 0 Å². The highest BCUT2D eigenvalue weighted by atomic mass is 32.1. The molecule has 1 fully saturated rings. The number of rotatable bonds is 4. The van der Waals surface area contributed by atoms with Gasteiger partial charge in [0, 0.05) is 49.8 Å². The van der Waals surface area contributed by atoms with E-state index in [0.717, 1.165) is 44.2 Å². The van der Waals surface area contributed by atoms with Gasteiger partial charge < -0.3 is 15.0 Å². The van der Waals surface area contributed by atoms with Gasteiger partial charge in [-0.2, -0.15) is 9.36 Å². The standard InChI is InChI=1S/C14H18N4OS/c1-2-13-16-14(20-17-13)19-12-5-3-11(4-6-12)18-9-7-15-8-10-18/h3-6,15H,2,7-10H2,1H3. The molecule has 0 spiro atoms. The fourth-order valence-electron chi connectivity index (χ4n) is 2.17. The number of nitrogens with one attached hydrogen (secondary N) is 1. The molecule has 0 radical (unpaired) electrons. The molecule has 0 aliphatic carbocycles. The minimum atomic E-state index is 0.608. The van der Waals surface area contributed by atoms with Crippen LogP contribution in [0.25, 0.3) is 0 Å². The molecule has 0 unspecified atom stereocenters. The SMILES string of the molecule is CCc1nsc(Oc2ccc(N3CCNCC3)cc2)n1. The van der Waals surface area contributed by atoms with Gasteiger partial charge in [-0.3, -0.25) is 0 Å². The monoisotopic (exact) mass is 290 g/mol. The summed E-state index contributed by atoms with van der Waals surface area (Å²) in [5.41, 5.74) is 1.24. The lowest BCUT2D eigenvalue weighted by Crippen LogP contribution is -2.43. The molecule has 1 N–H and O–H groups in total. The molecule has 2 heterocycles. The lowest BCUT2D eigenvalue weighted by molar-refractivity contribution is 0.477. The normalized spacial score (nSPS) is 15.3. The minimum Gasteiger partial charge on any atom is -0.430 e. The number of aryl methyl sites for hydroxylation is 1. The fourth-order valence-corrected chi connectivity index (χ4v) is 2.80. The third-order valence-corrected chi connectivity index (χ3v) is 3.92. The van der Waals surface area contributed by atoms with Crippen molar-refractivity contribution >= 4 is 17.2 Å². The van der Waals surface area contributed by atoms with Crippen molar-refractivity contribution in [1.82, 2.24) is 14.7 Å². The van der Waals surface area contributed by atoms with Crippen LogP contribution in [0.3, 0.4) is 0 Å². The Bertz CT molecular complexity index is 549. The second kappa shape index (κ2) is 6.19. The summed E-state index contributed by atoms with van der Waals surface area (Å²) in [7, 11) is 0. The van der Waals surface area contributed by atoms with E-state index in [9.17, 15) is 0 Å². The van der Waals surface area contributed by atoms with Crippen LogP contribution < -0.4 is 15.0 Å². The summed E-state index contributed by atoms with van der Waals surface area (Å²) in [6, 6.07) is 8.18. The highest BCUT2D eigenvalue weighted by Crippen LogP contribution is 2.25. The summed E-state index contributed by atoms with van der Waals surface area (Å²) in [6.07, 6.45) is 0.835. The third kappa shape index (κ3) is 3.08. The van der Waals surface area contributed by atoms with Crippen LogP contribution in [0, 0.1) is 0 Å². The number of piperazine rings is 1.